The molecule has 23 heavy (non-hydrogen) atoms. The Hall–Kier alpha value is -2.03. The summed E-state index contributed by atoms with van der Waals surface area (Å²) in [6.45, 7) is -1.36. The van der Waals surface area contributed by atoms with Gasteiger partial charge in [0.1, 0.15) is 11.6 Å². The highest BCUT2D eigenvalue weighted by Crippen LogP contribution is 2.28. The fourth-order valence-electron chi connectivity index (χ4n) is 2.37. The summed E-state index contributed by atoms with van der Waals surface area (Å²) in [6.07, 6.45) is -3.21. The molecule has 1 fully saturated rings. The molecule has 0 saturated carbocycles. The molecule has 0 spiro atoms. The van der Waals surface area contributed by atoms with Crippen LogP contribution in [0.2, 0.25) is 0 Å². The summed E-state index contributed by atoms with van der Waals surface area (Å²) in [5, 5.41) is 11.5. The molecule has 1 aliphatic rings. The molecule has 128 valence electrons. The Morgan fingerprint density at radius 1 is 1.43 bits per heavy atom. The Balaban J connectivity index is 2.11. The average Bonchev–Trinajstić information content (AvgIpc) is 2.94. The molecule has 0 bridgehead atoms. The average molecular weight is 336 g/mol. The van der Waals surface area contributed by atoms with E-state index in [0.717, 1.165) is 18.2 Å². The van der Waals surface area contributed by atoms with E-state index >= 15 is 0 Å². The number of aliphatic hydroxyl groups excluding tert-OH is 1. The molecule has 0 radical (unpaired) electrons. The smallest absolute Gasteiger partial charge is 0.422 e. The summed E-state index contributed by atoms with van der Waals surface area (Å²) in [6, 6.07) is 1.86. The van der Waals surface area contributed by atoms with E-state index in [1.54, 1.807) is 0 Å². The number of alkyl halides is 3. The van der Waals surface area contributed by atoms with E-state index < -0.39 is 24.6 Å². The number of likely N-dealkylation sites (tertiary alicyclic amines) is 1. The third-order valence-electron chi connectivity index (χ3n) is 3.42. The van der Waals surface area contributed by atoms with Gasteiger partial charge in [0.15, 0.2) is 6.61 Å². The lowest BCUT2D eigenvalue weighted by molar-refractivity contribution is -0.153. The predicted octanol–water partition coefficient (Wildman–Crippen LogP) is 2.76. The fourth-order valence-corrected chi connectivity index (χ4v) is 2.37. The zero-order chi connectivity index (χ0) is 17.0. The van der Waals surface area contributed by atoms with Crippen molar-refractivity contribution >= 4 is 11.7 Å². The van der Waals surface area contributed by atoms with Gasteiger partial charge in [0, 0.05) is 12.6 Å². The normalized spacial score (nSPS) is 18.1. The van der Waals surface area contributed by atoms with Crippen molar-refractivity contribution in [1.29, 1.82) is 0 Å². The number of nitrogens with one attached hydrogen (secondary N) is 1. The van der Waals surface area contributed by atoms with Crippen LogP contribution in [0.1, 0.15) is 12.8 Å². The maximum absolute atomic E-state index is 13.3. The lowest BCUT2D eigenvalue weighted by Gasteiger charge is -2.24. The Bertz CT molecular complexity index is 565. The third kappa shape index (κ3) is 4.72. The number of benzene rings is 1. The van der Waals surface area contributed by atoms with Crippen molar-refractivity contribution in [3.8, 4) is 5.75 Å². The quantitative estimate of drug-likeness (QED) is 0.831. The van der Waals surface area contributed by atoms with Gasteiger partial charge in [0.2, 0.25) is 0 Å². The number of urea groups is 1. The first kappa shape index (κ1) is 17.3. The molecule has 1 atom stereocenters. The van der Waals surface area contributed by atoms with Gasteiger partial charge in [-0.2, -0.15) is 13.2 Å². The summed E-state index contributed by atoms with van der Waals surface area (Å²) < 4.78 is 54.6. The second-order valence-electron chi connectivity index (χ2n) is 5.15. The number of nitrogens with zero attached hydrogens (tertiary/aromatic N) is 1. The minimum absolute atomic E-state index is 0.192. The van der Waals surface area contributed by atoms with Crippen LogP contribution in [0.3, 0.4) is 0 Å². The minimum atomic E-state index is -4.55. The zero-order valence-electron chi connectivity index (χ0n) is 12.1. The highest BCUT2D eigenvalue weighted by atomic mass is 19.4. The molecule has 9 heteroatoms. The number of aliphatic hydroxyl groups is 1. The van der Waals surface area contributed by atoms with Gasteiger partial charge in [0.25, 0.3) is 0 Å². The molecule has 2 rings (SSSR count). The van der Waals surface area contributed by atoms with Gasteiger partial charge in [-0.05, 0) is 25.0 Å². The van der Waals surface area contributed by atoms with Gasteiger partial charge in [-0.1, -0.05) is 0 Å². The standard InChI is InChI=1S/C14H16F4N2O3/c15-9-3-4-12(23-8-14(16,17)18)11(6-9)19-13(22)20-5-1-2-10(20)7-21/h3-4,6,10,21H,1-2,5,7-8H2,(H,19,22)/t10-/m0/s1. The van der Waals surface area contributed by atoms with Crippen LogP contribution < -0.4 is 10.1 Å². The van der Waals surface area contributed by atoms with Crippen LogP contribution in [0, 0.1) is 5.82 Å². The Kier molecular flexibility index (Phi) is 5.30. The van der Waals surface area contributed by atoms with Crippen LogP contribution in [0.15, 0.2) is 18.2 Å². The van der Waals surface area contributed by atoms with Crippen LogP contribution in [0.5, 0.6) is 5.75 Å². The van der Waals surface area contributed by atoms with E-state index in [0.29, 0.717) is 19.4 Å². The van der Waals surface area contributed by atoms with E-state index in [-0.39, 0.29) is 24.1 Å². The van der Waals surface area contributed by atoms with Crippen molar-refractivity contribution in [2.75, 3.05) is 25.1 Å². The van der Waals surface area contributed by atoms with Crippen molar-refractivity contribution in [2.45, 2.75) is 25.1 Å². The van der Waals surface area contributed by atoms with Crippen LogP contribution in [-0.2, 0) is 0 Å². The Morgan fingerprint density at radius 3 is 2.83 bits per heavy atom. The second-order valence-corrected chi connectivity index (χ2v) is 5.15. The van der Waals surface area contributed by atoms with Gasteiger partial charge in [-0.3, -0.25) is 0 Å². The zero-order valence-corrected chi connectivity index (χ0v) is 12.1. The molecule has 2 N–H and O–H groups in total. The van der Waals surface area contributed by atoms with Crippen LogP contribution >= 0.6 is 0 Å². The van der Waals surface area contributed by atoms with E-state index in [2.05, 4.69) is 10.1 Å². The molecule has 1 aromatic rings. The SMILES string of the molecule is O=C(Nc1cc(F)ccc1OCC(F)(F)F)N1CCC[C@H]1CO. The maximum atomic E-state index is 13.3. The fraction of sp³-hybridized carbons (Fsp3) is 0.500. The molecule has 0 unspecified atom stereocenters. The van der Waals surface area contributed by atoms with Crippen molar-refractivity contribution in [2.24, 2.45) is 0 Å². The molecule has 1 aliphatic heterocycles. The number of halogens is 4. The number of carbonyl (C=O) groups is 1. The minimum Gasteiger partial charge on any atom is -0.482 e. The van der Waals surface area contributed by atoms with Crippen LogP contribution in [0.25, 0.3) is 0 Å². The number of ether oxygens (including phenoxy) is 1. The van der Waals surface area contributed by atoms with E-state index in [1.165, 1.54) is 4.90 Å². The van der Waals surface area contributed by atoms with Gasteiger partial charge in [0.05, 0.1) is 18.3 Å². The summed E-state index contributed by atoms with van der Waals surface area (Å²) >= 11 is 0. The van der Waals surface area contributed by atoms with Gasteiger partial charge >= 0.3 is 12.2 Å². The lowest BCUT2D eigenvalue weighted by Crippen LogP contribution is -2.40. The molecule has 1 aromatic carbocycles. The van der Waals surface area contributed by atoms with E-state index in [9.17, 15) is 27.5 Å². The summed E-state index contributed by atoms with van der Waals surface area (Å²) in [5.74, 6) is -1.00. The number of hydrogen-bond acceptors (Lipinski definition) is 3. The van der Waals surface area contributed by atoms with Crippen molar-refractivity contribution in [1.82, 2.24) is 4.90 Å². The molecule has 1 heterocycles. The Labute approximate surface area is 129 Å². The van der Waals surface area contributed by atoms with Crippen LogP contribution in [-0.4, -0.2) is 48.0 Å². The van der Waals surface area contributed by atoms with Crippen molar-refractivity contribution in [3.63, 3.8) is 0 Å². The van der Waals surface area contributed by atoms with E-state index in [1.807, 2.05) is 0 Å². The monoisotopic (exact) mass is 336 g/mol. The van der Waals surface area contributed by atoms with E-state index in [4.69, 9.17) is 0 Å². The molecular weight excluding hydrogens is 320 g/mol. The maximum Gasteiger partial charge on any atom is 0.422 e. The number of rotatable bonds is 4. The first-order valence-electron chi connectivity index (χ1n) is 6.98. The van der Waals surface area contributed by atoms with Crippen molar-refractivity contribution in [3.05, 3.63) is 24.0 Å². The molecule has 5 nitrogen and oxygen atoms in total. The first-order valence-corrected chi connectivity index (χ1v) is 6.98. The summed E-state index contributed by atoms with van der Waals surface area (Å²) in [4.78, 5) is 13.5. The second kappa shape index (κ2) is 7.03. The summed E-state index contributed by atoms with van der Waals surface area (Å²) in [5.41, 5.74) is -0.192. The molecule has 0 aromatic heterocycles. The molecular formula is C14H16F4N2O3. The first-order chi connectivity index (χ1) is 10.8. The summed E-state index contributed by atoms with van der Waals surface area (Å²) in [7, 11) is 0. The van der Waals surface area contributed by atoms with Crippen LogP contribution in [0.4, 0.5) is 28.0 Å². The van der Waals surface area contributed by atoms with Crippen molar-refractivity contribution < 1.29 is 32.2 Å². The van der Waals surface area contributed by atoms with Gasteiger partial charge in [-0.25, -0.2) is 9.18 Å². The predicted molar refractivity (Wildman–Crippen MR) is 73.8 cm³/mol. The lowest BCUT2D eigenvalue weighted by atomic mass is 10.2. The number of carbonyl (C=O) groups excluding carboxylic acids is 1. The number of amides is 2. The molecule has 1 saturated heterocycles. The highest BCUT2D eigenvalue weighted by molar-refractivity contribution is 5.91. The number of hydrogen-bond donors (Lipinski definition) is 2. The number of anilines is 1. The molecule has 2 amide bonds. The third-order valence-corrected chi connectivity index (χ3v) is 3.42. The highest BCUT2D eigenvalue weighted by Gasteiger charge is 2.30. The topological polar surface area (TPSA) is 61.8 Å². The molecule has 0 aliphatic carbocycles. The van der Waals surface area contributed by atoms with Gasteiger partial charge in [-0.15, -0.1) is 0 Å². The Morgan fingerprint density at radius 2 is 2.17 bits per heavy atom. The largest absolute Gasteiger partial charge is 0.482 e. The van der Waals surface area contributed by atoms with Gasteiger partial charge < -0.3 is 20.1 Å².